The van der Waals surface area contributed by atoms with Crippen molar-refractivity contribution in [2.75, 3.05) is 0 Å². The average Bonchev–Trinajstić information content (AvgIpc) is 2.99. The lowest BCUT2D eigenvalue weighted by molar-refractivity contribution is -0.177. The van der Waals surface area contributed by atoms with Crippen molar-refractivity contribution in [2.24, 2.45) is 28.9 Å². The zero-order valence-electron chi connectivity index (χ0n) is 17.0. The molecular formula is C18H25N3O2. The van der Waals surface area contributed by atoms with E-state index in [0.29, 0.717) is 18.3 Å². The number of nitrogens with two attached hydrogens (primary N) is 1. The Morgan fingerprint density at radius 1 is 1.35 bits per heavy atom. The summed E-state index contributed by atoms with van der Waals surface area (Å²) in [5.74, 6) is -0.796. The number of aliphatic hydroxyl groups is 1. The molecule has 2 unspecified atom stereocenters. The first kappa shape index (κ1) is 10.7. The Bertz CT molecular complexity index is 752. The molecule has 1 saturated heterocycles. The highest BCUT2D eigenvalue weighted by molar-refractivity contribution is 5.84. The Morgan fingerprint density at radius 3 is 2.65 bits per heavy atom. The number of piperidine rings is 1. The second kappa shape index (κ2) is 4.29. The Hall–Kier alpha value is -1.12. The van der Waals surface area contributed by atoms with Crippen LogP contribution in [0.1, 0.15) is 56.8 Å². The van der Waals surface area contributed by atoms with Crippen molar-refractivity contribution >= 4 is 5.91 Å². The monoisotopic (exact) mass is 319 g/mol. The number of carbonyl (C=O) groups excluding carboxylic acids is 1. The summed E-state index contributed by atoms with van der Waals surface area (Å²) in [5.41, 5.74) is 5.18. The van der Waals surface area contributed by atoms with Crippen molar-refractivity contribution in [1.29, 1.82) is 5.26 Å². The molecular weight excluding hydrogens is 290 g/mol. The molecule has 23 heavy (non-hydrogen) atoms. The topological polar surface area (TPSA) is 90.3 Å². The maximum absolute atomic E-state index is 13.4. The Morgan fingerprint density at radius 2 is 2.04 bits per heavy atom. The quantitative estimate of drug-likeness (QED) is 0.799. The van der Waals surface area contributed by atoms with Gasteiger partial charge in [-0.15, -0.1) is 0 Å². The lowest BCUT2D eigenvalue weighted by Gasteiger charge is -2.61. The third-order valence-electron chi connectivity index (χ3n) is 6.85. The van der Waals surface area contributed by atoms with Crippen LogP contribution >= 0.6 is 0 Å². The highest BCUT2D eigenvalue weighted by Crippen LogP contribution is 2.63. The van der Waals surface area contributed by atoms with E-state index in [2.05, 4.69) is 0 Å². The summed E-state index contributed by atoms with van der Waals surface area (Å²) >= 11 is 0. The molecule has 4 bridgehead atoms. The molecule has 6 atom stereocenters. The second-order valence-corrected chi connectivity index (χ2v) is 8.56. The molecule has 5 saturated carbocycles. The second-order valence-electron chi connectivity index (χ2n) is 8.56. The Labute approximate surface area is 142 Å². The molecule has 6 fully saturated rings. The minimum Gasteiger partial charge on any atom is -0.390 e. The number of rotatable bonds is 2. The molecule has 124 valence electrons. The van der Waals surface area contributed by atoms with Gasteiger partial charge in [0.2, 0.25) is 5.91 Å². The molecule has 1 heterocycles. The summed E-state index contributed by atoms with van der Waals surface area (Å²) in [4.78, 5) is 14.5. The minimum atomic E-state index is -2.09. The lowest BCUT2D eigenvalue weighted by Crippen LogP contribution is -2.64. The van der Waals surface area contributed by atoms with Gasteiger partial charge in [-0.2, -0.15) is 5.26 Å². The van der Waals surface area contributed by atoms with Gasteiger partial charge in [-0.3, -0.25) is 4.79 Å². The predicted molar refractivity (Wildman–Crippen MR) is 82.8 cm³/mol. The maximum atomic E-state index is 13.4. The van der Waals surface area contributed by atoms with Gasteiger partial charge in [0, 0.05) is 11.5 Å². The average molecular weight is 319 g/mol. The van der Waals surface area contributed by atoms with Gasteiger partial charge in [0.05, 0.1) is 17.7 Å². The zero-order chi connectivity index (χ0) is 19.6. The first-order valence-corrected chi connectivity index (χ1v) is 8.65. The van der Waals surface area contributed by atoms with Crippen LogP contribution in [-0.4, -0.2) is 39.6 Å². The van der Waals surface area contributed by atoms with Crippen LogP contribution in [0.5, 0.6) is 0 Å². The maximum Gasteiger partial charge on any atom is 0.241 e. The smallest absolute Gasteiger partial charge is 0.241 e. The van der Waals surface area contributed by atoms with Crippen LogP contribution in [0.4, 0.5) is 0 Å². The van der Waals surface area contributed by atoms with Crippen LogP contribution in [0.2, 0.25) is 0 Å². The fourth-order valence-corrected chi connectivity index (χ4v) is 6.35. The van der Waals surface area contributed by atoms with E-state index >= 15 is 0 Å². The number of hydrogen-bond donors (Lipinski definition) is 2. The normalized spacial score (nSPS) is 60.7. The van der Waals surface area contributed by atoms with E-state index in [1.54, 1.807) is 0 Å². The number of likely N-dealkylation sites (tertiary alicyclic amines) is 1. The number of amides is 1. The third-order valence-corrected chi connectivity index (χ3v) is 6.85. The Balaban J connectivity index is 1.47. The standard InChI is InChI=1S/C18H25N3O2/c19-8-13-2-12-3-14(12)21(13)16(22)15(20)17-4-10-1-11(5-17)7-18(23,6-10)9-17/h10-15,23H,1-7,9,20H2/t10?,11?,12-,13+,14+,15-,17?,18?/m1/s1/i2D2,3D2. The molecule has 0 spiro atoms. The van der Waals surface area contributed by atoms with E-state index in [-0.39, 0.29) is 0 Å². The van der Waals surface area contributed by atoms with Gasteiger partial charge in [-0.05, 0) is 74.4 Å². The van der Waals surface area contributed by atoms with Gasteiger partial charge in [-0.1, -0.05) is 0 Å². The molecule has 5 nitrogen and oxygen atoms in total. The van der Waals surface area contributed by atoms with Crippen molar-refractivity contribution in [2.45, 2.75) is 75.0 Å². The molecule has 0 aromatic rings. The van der Waals surface area contributed by atoms with E-state index in [4.69, 9.17) is 11.2 Å². The summed E-state index contributed by atoms with van der Waals surface area (Å²) in [5, 5.41) is 20.4. The summed E-state index contributed by atoms with van der Waals surface area (Å²) < 4.78 is 32.5. The number of carbonyl (C=O) groups is 1. The molecule has 6 aliphatic rings. The van der Waals surface area contributed by atoms with Crippen LogP contribution < -0.4 is 5.73 Å². The molecule has 1 aliphatic heterocycles. The van der Waals surface area contributed by atoms with Crippen LogP contribution in [0.15, 0.2) is 0 Å². The molecule has 6 rings (SSSR count). The number of hydrogen-bond acceptors (Lipinski definition) is 4. The van der Waals surface area contributed by atoms with Crippen molar-refractivity contribution < 1.29 is 15.4 Å². The third kappa shape index (κ3) is 1.88. The molecule has 0 aromatic heterocycles. The highest BCUT2D eigenvalue weighted by atomic mass is 16.3. The van der Waals surface area contributed by atoms with Crippen LogP contribution in [0.3, 0.4) is 0 Å². The summed E-state index contributed by atoms with van der Waals surface area (Å²) in [6, 6.07) is -1.29. The highest BCUT2D eigenvalue weighted by Gasteiger charge is 2.62. The molecule has 0 aromatic carbocycles. The molecule has 5 heteroatoms. The van der Waals surface area contributed by atoms with Crippen molar-refractivity contribution in [1.82, 2.24) is 4.90 Å². The van der Waals surface area contributed by atoms with Crippen LogP contribution in [0, 0.1) is 34.5 Å². The van der Waals surface area contributed by atoms with Gasteiger partial charge in [-0.25, -0.2) is 0 Å². The van der Waals surface area contributed by atoms with Crippen LogP contribution in [-0.2, 0) is 4.79 Å². The van der Waals surface area contributed by atoms with Gasteiger partial charge in [0.1, 0.15) is 6.04 Å². The van der Waals surface area contributed by atoms with Crippen molar-refractivity contribution in [3.63, 3.8) is 0 Å². The minimum absolute atomic E-state index is 0.354. The SMILES string of the molecule is [2H]C1([2H])[C@H]2[C@@H](N(C(=O)[C@@H](N)C34CC5CC(CC(O)(C5)C3)C4)[C@@H]1C#N)C2([2H])[2H]. The molecule has 3 N–H and O–H groups in total. The van der Waals surface area contributed by atoms with E-state index < -0.39 is 53.7 Å². The molecule has 5 aliphatic carbocycles. The van der Waals surface area contributed by atoms with Gasteiger partial charge < -0.3 is 15.7 Å². The number of fused-ring (bicyclic) bond motifs is 1. The first-order chi connectivity index (χ1) is 12.5. The van der Waals surface area contributed by atoms with E-state index in [1.807, 2.05) is 6.07 Å². The fraction of sp³-hybridized carbons (Fsp3) is 0.889. The Kier molecular flexibility index (Phi) is 1.99. The number of nitrogens with zero attached hydrogens (tertiary/aromatic N) is 2. The first-order valence-electron chi connectivity index (χ1n) is 10.6. The summed E-state index contributed by atoms with van der Waals surface area (Å²) in [6.07, 6.45) is 0.683. The van der Waals surface area contributed by atoms with Crippen molar-refractivity contribution in [3.8, 4) is 6.07 Å². The zero-order valence-corrected chi connectivity index (χ0v) is 13.0. The van der Waals surface area contributed by atoms with Gasteiger partial charge in [0.25, 0.3) is 0 Å². The predicted octanol–water partition coefficient (Wildman–Crippen LogP) is 1.16. The molecule has 0 radical (unpaired) electrons. The fourth-order valence-electron chi connectivity index (χ4n) is 6.35. The van der Waals surface area contributed by atoms with Gasteiger partial charge in [0.15, 0.2) is 0 Å². The molecule has 1 amide bonds. The van der Waals surface area contributed by atoms with E-state index in [1.165, 1.54) is 0 Å². The largest absolute Gasteiger partial charge is 0.390 e. The van der Waals surface area contributed by atoms with E-state index in [9.17, 15) is 15.2 Å². The number of nitriles is 1. The van der Waals surface area contributed by atoms with Gasteiger partial charge >= 0.3 is 0 Å². The summed E-state index contributed by atoms with van der Waals surface area (Å²) in [6.45, 7) is 0. The van der Waals surface area contributed by atoms with Crippen molar-refractivity contribution in [3.05, 3.63) is 0 Å². The van der Waals surface area contributed by atoms with Crippen LogP contribution in [0.25, 0.3) is 0 Å². The lowest BCUT2D eigenvalue weighted by atomic mass is 9.46. The summed E-state index contributed by atoms with van der Waals surface area (Å²) in [7, 11) is 0. The van der Waals surface area contributed by atoms with E-state index in [0.717, 1.165) is 37.0 Å².